The van der Waals surface area contributed by atoms with Crippen molar-refractivity contribution in [3.63, 3.8) is 0 Å². The number of carbonyl (C=O) groups excluding carboxylic acids is 1. The van der Waals surface area contributed by atoms with Crippen molar-refractivity contribution < 1.29 is 4.79 Å². The third-order valence-electron chi connectivity index (χ3n) is 4.98. The predicted octanol–water partition coefficient (Wildman–Crippen LogP) is 2.74. The fourth-order valence-corrected chi connectivity index (χ4v) is 4.44. The molecule has 3 rings (SSSR count). The van der Waals surface area contributed by atoms with Crippen LogP contribution in [0.3, 0.4) is 0 Å². The van der Waals surface area contributed by atoms with E-state index in [4.69, 9.17) is 0 Å². The zero-order valence-electron chi connectivity index (χ0n) is 14.8. The molecule has 0 saturated heterocycles. The molecule has 2 aromatic rings. The van der Waals surface area contributed by atoms with E-state index in [0.29, 0.717) is 11.8 Å². The average Bonchev–Trinajstić information content (AvgIpc) is 2.87. The van der Waals surface area contributed by atoms with Crippen LogP contribution >= 0.6 is 11.3 Å². The molecule has 0 radical (unpaired) electrons. The molecule has 0 aliphatic heterocycles. The van der Waals surface area contributed by atoms with Crippen LogP contribution < -0.4 is 10.9 Å². The Morgan fingerprint density at radius 1 is 1.46 bits per heavy atom. The molecule has 1 aliphatic carbocycles. The van der Waals surface area contributed by atoms with Gasteiger partial charge < -0.3 is 5.32 Å². The molecule has 2 heterocycles. The Morgan fingerprint density at radius 2 is 2.21 bits per heavy atom. The van der Waals surface area contributed by atoms with E-state index in [0.717, 1.165) is 35.0 Å². The van der Waals surface area contributed by atoms with Crippen LogP contribution in [0.2, 0.25) is 0 Å². The number of nitrogens with zero attached hydrogens (tertiary/aromatic N) is 2. The molecule has 1 amide bonds. The van der Waals surface area contributed by atoms with E-state index in [2.05, 4.69) is 31.1 Å². The van der Waals surface area contributed by atoms with Gasteiger partial charge >= 0.3 is 0 Å². The van der Waals surface area contributed by atoms with Crippen molar-refractivity contribution in [1.82, 2.24) is 14.9 Å². The maximum atomic E-state index is 12.8. The van der Waals surface area contributed by atoms with Gasteiger partial charge in [-0.3, -0.25) is 14.2 Å². The minimum absolute atomic E-state index is 0.0276. The van der Waals surface area contributed by atoms with Crippen LogP contribution in [-0.4, -0.2) is 21.5 Å². The van der Waals surface area contributed by atoms with Crippen LogP contribution in [0.5, 0.6) is 0 Å². The quantitative estimate of drug-likeness (QED) is 0.925. The van der Waals surface area contributed by atoms with Crippen molar-refractivity contribution in [3.8, 4) is 0 Å². The van der Waals surface area contributed by atoms with Crippen molar-refractivity contribution in [2.75, 3.05) is 0 Å². The van der Waals surface area contributed by atoms with Crippen LogP contribution in [0.1, 0.15) is 44.6 Å². The number of nitrogens with one attached hydrogen (secondary N) is 1. The first-order valence-electron chi connectivity index (χ1n) is 8.65. The summed E-state index contributed by atoms with van der Waals surface area (Å²) in [5, 5.41) is 3.67. The summed E-state index contributed by atoms with van der Waals surface area (Å²) in [6, 6.07) is 0.0836. The van der Waals surface area contributed by atoms with Gasteiger partial charge in [-0.15, -0.1) is 11.3 Å². The summed E-state index contributed by atoms with van der Waals surface area (Å²) in [7, 11) is 0. The van der Waals surface area contributed by atoms with Gasteiger partial charge in [-0.25, -0.2) is 4.98 Å². The highest BCUT2D eigenvalue weighted by Gasteiger charge is 2.23. The number of carbonyl (C=O) groups is 1. The molecular formula is C18H25N3O2S. The lowest BCUT2D eigenvalue weighted by Crippen LogP contribution is -2.39. The van der Waals surface area contributed by atoms with E-state index in [1.54, 1.807) is 11.3 Å². The molecular weight excluding hydrogens is 322 g/mol. The van der Waals surface area contributed by atoms with Crippen LogP contribution in [0.15, 0.2) is 11.1 Å². The first-order valence-corrected chi connectivity index (χ1v) is 9.47. The third kappa shape index (κ3) is 3.24. The monoisotopic (exact) mass is 347 g/mol. The van der Waals surface area contributed by atoms with Gasteiger partial charge in [-0.2, -0.15) is 0 Å². The number of aromatic nitrogens is 2. The second-order valence-electron chi connectivity index (χ2n) is 7.31. The van der Waals surface area contributed by atoms with E-state index >= 15 is 0 Å². The third-order valence-corrected chi connectivity index (χ3v) is 6.15. The van der Waals surface area contributed by atoms with E-state index in [9.17, 15) is 9.59 Å². The maximum absolute atomic E-state index is 12.8. The fourth-order valence-electron chi connectivity index (χ4n) is 3.10. The maximum Gasteiger partial charge on any atom is 0.262 e. The number of fused-ring (bicyclic) bond motifs is 3. The van der Waals surface area contributed by atoms with Gasteiger partial charge in [0.1, 0.15) is 11.4 Å². The van der Waals surface area contributed by atoms with Crippen molar-refractivity contribution >= 4 is 27.5 Å². The Labute approximate surface area is 146 Å². The standard InChI is InChI=1S/C18H25N3O2S/c1-10(2)12(4)20-15(22)8-21-9-19-17-16(18(21)23)13-6-5-11(3)7-14(13)24-17/h9-12H,5-8H2,1-4H3,(H,20,22)/t11-,12-/m1/s1. The largest absolute Gasteiger partial charge is 0.352 e. The summed E-state index contributed by atoms with van der Waals surface area (Å²) >= 11 is 1.63. The van der Waals surface area contributed by atoms with Gasteiger partial charge in [-0.1, -0.05) is 20.8 Å². The van der Waals surface area contributed by atoms with Crippen molar-refractivity contribution in [3.05, 3.63) is 27.1 Å². The summed E-state index contributed by atoms with van der Waals surface area (Å²) in [5.41, 5.74) is 1.08. The molecule has 2 atom stereocenters. The first kappa shape index (κ1) is 17.1. The molecule has 24 heavy (non-hydrogen) atoms. The molecule has 0 aromatic carbocycles. The summed E-state index contributed by atoms with van der Waals surface area (Å²) in [6.07, 6.45) is 4.59. The Hall–Kier alpha value is -1.69. The second-order valence-corrected chi connectivity index (χ2v) is 8.39. The minimum Gasteiger partial charge on any atom is -0.352 e. The number of thiophene rings is 1. The number of rotatable bonds is 4. The van der Waals surface area contributed by atoms with E-state index in [1.807, 2.05) is 6.92 Å². The molecule has 5 nitrogen and oxygen atoms in total. The van der Waals surface area contributed by atoms with Gasteiger partial charge in [0.2, 0.25) is 5.91 Å². The first-order chi connectivity index (χ1) is 11.4. The Bertz CT molecular complexity index is 822. The Balaban J connectivity index is 1.89. The van der Waals surface area contributed by atoms with Gasteiger partial charge in [0.05, 0.1) is 11.7 Å². The van der Waals surface area contributed by atoms with Crippen molar-refractivity contribution in [2.45, 2.75) is 59.5 Å². The normalized spacial score (nSPS) is 18.6. The molecule has 0 spiro atoms. The molecule has 1 N–H and O–H groups in total. The summed E-state index contributed by atoms with van der Waals surface area (Å²) in [4.78, 5) is 31.6. The highest BCUT2D eigenvalue weighted by molar-refractivity contribution is 7.18. The molecule has 130 valence electrons. The van der Waals surface area contributed by atoms with Crippen molar-refractivity contribution in [1.29, 1.82) is 0 Å². The number of aryl methyl sites for hydroxylation is 1. The molecule has 1 aliphatic rings. The number of hydrogen-bond donors (Lipinski definition) is 1. The predicted molar refractivity (Wildman–Crippen MR) is 97.5 cm³/mol. The van der Waals surface area contributed by atoms with Crippen molar-refractivity contribution in [2.24, 2.45) is 11.8 Å². The van der Waals surface area contributed by atoms with Crippen LogP contribution in [0.25, 0.3) is 10.2 Å². The highest BCUT2D eigenvalue weighted by Crippen LogP contribution is 2.35. The summed E-state index contributed by atoms with van der Waals surface area (Å²) in [5.74, 6) is 0.880. The lowest BCUT2D eigenvalue weighted by molar-refractivity contribution is -0.122. The zero-order valence-corrected chi connectivity index (χ0v) is 15.6. The molecule has 6 heteroatoms. The van der Waals surface area contributed by atoms with Gasteiger partial charge in [0, 0.05) is 10.9 Å². The number of hydrogen-bond acceptors (Lipinski definition) is 4. The zero-order chi connectivity index (χ0) is 17.4. The van der Waals surface area contributed by atoms with Crippen LogP contribution in [-0.2, 0) is 24.2 Å². The lowest BCUT2D eigenvalue weighted by Gasteiger charge is -2.18. The summed E-state index contributed by atoms with van der Waals surface area (Å²) < 4.78 is 1.44. The molecule has 2 aromatic heterocycles. The SMILES string of the molecule is CC(C)[C@@H](C)NC(=O)Cn1cnc2sc3c(c2c1=O)CC[C@@H](C)C3. The molecule has 0 fully saturated rings. The molecule has 0 unspecified atom stereocenters. The smallest absolute Gasteiger partial charge is 0.262 e. The van der Waals surface area contributed by atoms with Gasteiger partial charge in [0.25, 0.3) is 5.56 Å². The van der Waals surface area contributed by atoms with E-state index in [1.165, 1.54) is 15.8 Å². The van der Waals surface area contributed by atoms with E-state index in [-0.39, 0.29) is 24.1 Å². The highest BCUT2D eigenvalue weighted by atomic mass is 32.1. The fraction of sp³-hybridized carbons (Fsp3) is 0.611. The Kier molecular flexibility index (Phi) is 4.76. The van der Waals surface area contributed by atoms with Crippen LogP contribution in [0, 0.1) is 11.8 Å². The molecule has 0 saturated carbocycles. The van der Waals surface area contributed by atoms with Gasteiger partial charge in [0.15, 0.2) is 0 Å². The Morgan fingerprint density at radius 3 is 2.92 bits per heavy atom. The second kappa shape index (κ2) is 6.67. The van der Waals surface area contributed by atoms with Crippen LogP contribution in [0.4, 0.5) is 0 Å². The lowest BCUT2D eigenvalue weighted by atomic mass is 9.89. The topological polar surface area (TPSA) is 64.0 Å². The minimum atomic E-state index is -0.142. The molecule has 0 bridgehead atoms. The number of amides is 1. The van der Waals surface area contributed by atoms with Gasteiger partial charge in [-0.05, 0) is 43.6 Å². The average molecular weight is 347 g/mol. The van der Waals surface area contributed by atoms with E-state index < -0.39 is 0 Å². The summed E-state index contributed by atoms with van der Waals surface area (Å²) in [6.45, 7) is 8.37.